The number of hydrogen-bond donors (Lipinski definition) is 0. The predicted octanol–water partition coefficient (Wildman–Crippen LogP) is 3.64. The topological polar surface area (TPSA) is 57.7 Å². The maximum absolute atomic E-state index is 13.0. The van der Waals surface area contributed by atoms with Crippen molar-refractivity contribution in [3.63, 3.8) is 0 Å². The molecule has 1 aliphatic heterocycles. The van der Waals surface area contributed by atoms with E-state index in [9.17, 15) is 13.2 Å². The summed E-state index contributed by atoms with van der Waals surface area (Å²) in [6.07, 6.45) is 3.70. The quantitative estimate of drug-likeness (QED) is 0.654. The molecule has 0 aromatic heterocycles. The lowest BCUT2D eigenvalue weighted by atomic mass is 10.1. The molecule has 154 valence electrons. The van der Waals surface area contributed by atoms with Gasteiger partial charge in [0.15, 0.2) is 9.84 Å². The van der Waals surface area contributed by atoms with E-state index in [-0.39, 0.29) is 23.5 Å². The molecule has 2 aromatic carbocycles. The van der Waals surface area contributed by atoms with E-state index in [1.807, 2.05) is 55.4 Å². The second-order valence-corrected chi connectivity index (χ2v) is 10.1. The highest BCUT2D eigenvalue weighted by atomic mass is 35.5. The molecular weight excluding hydrogens is 408 g/mol. The summed E-state index contributed by atoms with van der Waals surface area (Å²) in [7, 11) is 0.841. The van der Waals surface area contributed by atoms with Crippen LogP contribution in [0.1, 0.15) is 17.5 Å². The number of anilines is 1. The molecule has 0 saturated carbocycles. The van der Waals surface area contributed by atoms with Crippen molar-refractivity contribution in [3.05, 3.63) is 70.8 Å². The SMILES string of the molecule is CN(C)c1ccc(CN(C(=O)/C=C/c2ccc(Cl)cc2)[C@@H]2CCS(=O)(=O)C2)cc1. The molecule has 1 saturated heterocycles. The Balaban J connectivity index is 1.80. The lowest BCUT2D eigenvalue weighted by Gasteiger charge is -2.27. The van der Waals surface area contributed by atoms with Gasteiger partial charge in [0.25, 0.3) is 0 Å². The molecule has 1 atom stereocenters. The van der Waals surface area contributed by atoms with E-state index in [1.54, 1.807) is 23.1 Å². The van der Waals surface area contributed by atoms with Crippen LogP contribution in [0.3, 0.4) is 0 Å². The minimum atomic E-state index is -3.10. The number of benzene rings is 2. The largest absolute Gasteiger partial charge is 0.378 e. The summed E-state index contributed by atoms with van der Waals surface area (Å²) in [6.45, 7) is 0.373. The van der Waals surface area contributed by atoms with Gasteiger partial charge in [-0.15, -0.1) is 0 Å². The van der Waals surface area contributed by atoms with Gasteiger partial charge in [0.1, 0.15) is 0 Å². The van der Waals surface area contributed by atoms with Crippen molar-refractivity contribution in [1.29, 1.82) is 0 Å². The fourth-order valence-corrected chi connectivity index (χ4v) is 5.20. The highest BCUT2D eigenvalue weighted by Gasteiger charge is 2.34. The maximum atomic E-state index is 13.0. The van der Waals surface area contributed by atoms with Crippen LogP contribution in [0.2, 0.25) is 5.02 Å². The third-order valence-electron chi connectivity index (χ3n) is 5.03. The van der Waals surface area contributed by atoms with Gasteiger partial charge in [-0.1, -0.05) is 35.9 Å². The maximum Gasteiger partial charge on any atom is 0.247 e. The summed E-state index contributed by atoms with van der Waals surface area (Å²) in [5.74, 6) is -0.0515. The Morgan fingerprint density at radius 1 is 1.10 bits per heavy atom. The van der Waals surface area contributed by atoms with Crippen LogP contribution in [-0.2, 0) is 21.2 Å². The zero-order valence-corrected chi connectivity index (χ0v) is 18.2. The smallest absolute Gasteiger partial charge is 0.247 e. The fraction of sp³-hybridized carbons (Fsp3) is 0.318. The molecular formula is C22H25ClN2O3S. The first-order chi connectivity index (χ1) is 13.7. The monoisotopic (exact) mass is 432 g/mol. The zero-order valence-electron chi connectivity index (χ0n) is 16.6. The Labute approximate surface area is 177 Å². The Bertz CT molecular complexity index is 984. The Hall–Kier alpha value is -2.31. The van der Waals surface area contributed by atoms with E-state index >= 15 is 0 Å². The zero-order chi connectivity index (χ0) is 21.0. The molecule has 29 heavy (non-hydrogen) atoms. The Morgan fingerprint density at radius 3 is 2.31 bits per heavy atom. The van der Waals surface area contributed by atoms with Gasteiger partial charge in [0.2, 0.25) is 5.91 Å². The van der Waals surface area contributed by atoms with Crippen molar-refractivity contribution in [2.45, 2.75) is 19.0 Å². The lowest BCUT2D eigenvalue weighted by Crippen LogP contribution is -2.39. The van der Waals surface area contributed by atoms with Gasteiger partial charge in [-0.05, 0) is 47.9 Å². The predicted molar refractivity (Wildman–Crippen MR) is 119 cm³/mol. The van der Waals surface area contributed by atoms with E-state index in [1.165, 1.54) is 6.08 Å². The van der Waals surface area contributed by atoms with Crippen LogP contribution in [0.25, 0.3) is 6.08 Å². The summed E-state index contributed by atoms with van der Waals surface area (Å²) in [4.78, 5) is 16.6. The summed E-state index contributed by atoms with van der Waals surface area (Å²) >= 11 is 5.90. The van der Waals surface area contributed by atoms with Crippen LogP contribution in [0.4, 0.5) is 5.69 Å². The number of carbonyl (C=O) groups is 1. The van der Waals surface area contributed by atoms with Gasteiger partial charge >= 0.3 is 0 Å². The first kappa shape index (κ1) is 21.4. The van der Waals surface area contributed by atoms with Crippen molar-refractivity contribution in [3.8, 4) is 0 Å². The van der Waals surface area contributed by atoms with Gasteiger partial charge in [0.05, 0.1) is 11.5 Å². The number of carbonyl (C=O) groups excluding carboxylic acids is 1. The Kier molecular flexibility index (Phi) is 6.65. The average Bonchev–Trinajstić information content (AvgIpc) is 3.05. The van der Waals surface area contributed by atoms with Crippen molar-refractivity contribution < 1.29 is 13.2 Å². The van der Waals surface area contributed by atoms with Crippen LogP contribution in [-0.4, -0.2) is 50.9 Å². The molecule has 0 N–H and O–H groups in total. The molecule has 0 bridgehead atoms. The van der Waals surface area contributed by atoms with Crippen LogP contribution in [0, 0.1) is 0 Å². The second-order valence-electron chi connectivity index (χ2n) is 7.47. The highest BCUT2D eigenvalue weighted by molar-refractivity contribution is 7.91. The van der Waals surface area contributed by atoms with E-state index in [2.05, 4.69) is 0 Å². The minimum Gasteiger partial charge on any atom is -0.378 e. The van der Waals surface area contributed by atoms with Crippen molar-refractivity contribution in [2.75, 3.05) is 30.5 Å². The molecule has 5 nitrogen and oxygen atoms in total. The molecule has 0 spiro atoms. The number of halogens is 1. The summed E-state index contributed by atoms with van der Waals surface area (Å²) in [5, 5.41) is 0.632. The van der Waals surface area contributed by atoms with Gasteiger partial charge < -0.3 is 9.80 Å². The standard InChI is InChI=1S/C22H25ClN2O3S/c1-24(2)20-10-5-18(6-11-20)15-25(21-13-14-29(27,28)16-21)22(26)12-7-17-3-8-19(23)9-4-17/h3-12,21H,13-16H2,1-2H3/b12-7+/t21-/m1/s1. The molecule has 1 aliphatic rings. The van der Waals surface area contributed by atoms with Crippen LogP contribution in [0.15, 0.2) is 54.6 Å². The Morgan fingerprint density at radius 2 is 1.76 bits per heavy atom. The first-order valence-electron chi connectivity index (χ1n) is 9.44. The van der Waals surface area contributed by atoms with Gasteiger partial charge in [-0.25, -0.2) is 8.42 Å². The fourth-order valence-electron chi connectivity index (χ4n) is 3.34. The average molecular weight is 433 g/mol. The summed E-state index contributed by atoms with van der Waals surface area (Å²) < 4.78 is 24.0. The van der Waals surface area contributed by atoms with Crippen molar-refractivity contribution >= 4 is 39.1 Å². The molecule has 1 fully saturated rings. The number of nitrogens with zero attached hydrogens (tertiary/aromatic N) is 2. The van der Waals surface area contributed by atoms with Crippen molar-refractivity contribution in [1.82, 2.24) is 4.90 Å². The molecule has 3 rings (SSSR count). The number of rotatable bonds is 6. The van der Waals surface area contributed by atoms with Crippen molar-refractivity contribution in [2.24, 2.45) is 0 Å². The summed E-state index contributed by atoms with van der Waals surface area (Å²) in [6, 6.07) is 14.8. The third kappa shape index (κ3) is 5.84. The third-order valence-corrected chi connectivity index (χ3v) is 7.03. The molecule has 0 aliphatic carbocycles. The van der Waals surface area contributed by atoms with Crippen LogP contribution >= 0.6 is 11.6 Å². The molecule has 1 heterocycles. The first-order valence-corrected chi connectivity index (χ1v) is 11.6. The lowest BCUT2D eigenvalue weighted by molar-refractivity contribution is -0.128. The molecule has 2 aromatic rings. The minimum absolute atomic E-state index is 0.0172. The van der Waals surface area contributed by atoms with E-state index in [0.29, 0.717) is 18.0 Å². The number of sulfone groups is 1. The molecule has 0 radical (unpaired) electrons. The van der Waals surface area contributed by atoms with E-state index < -0.39 is 9.84 Å². The number of amides is 1. The van der Waals surface area contributed by atoms with Gasteiger partial charge in [-0.3, -0.25) is 4.79 Å². The second kappa shape index (κ2) is 9.01. The van der Waals surface area contributed by atoms with Gasteiger partial charge in [0, 0.05) is 43.5 Å². The van der Waals surface area contributed by atoms with Gasteiger partial charge in [-0.2, -0.15) is 0 Å². The van der Waals surface area contributed by atoms with E-state index in [4.69, 9.17) is 11.6 Å². The molecule has 1 amide bonds. The normalized spacial score (nSPS) is 18.1. The van der Waals surface area contributed by atoms with Crippen LogP contribution in [0.5, 0.6) is 0 Å². The molecule has 0 unspecified atom stereocenters. The van der Waals surface area contributed by atoms with Crippen LogP contribution < -0.4 is 4.90 Å². The molecule has 7 heteroatoms. The summed E-state index contributed by atoms with van der Waals surface area (Å²) in [5.41, 5.74) is 2.89. The number of hydrogen-bond acceptors (Lipinski definition) is 4. The van der Waals surface area contributed by atoms with E-state index in [0.717, 1.165) is 16.8 Å². The highest BCUT2D eigenvalue weighted by Crippen LogP contribution is 2.22.